The van der Waals surface area contributed by atoms with Crippen molar-refractivity contribution in [3.63, 3.8) is 0 Å². The van der Waals surface area contributed by atoms with E-state index in [4.69, 9.17) is 0 Å². The Kier molecular flexibility index (Phi) is 29.7. The van der Waals surface area contributed by atoms with Gasteiger partial charge >= 0.3 is 17.9 Å². The molecule has 7 atom stereocenters. The summed E-state index contributed by atoms with van der Waals surface area (Å²) >= 11 is 0. The molecule has 77 heavy (non-hydrogen) atoms. The number of amides is 4. The molecular formula is C54H83N7O16. The zero-order chi connectivity index (χ0) is 57.8. The van der Waals surface area contributed by atoms with Crippen molar-refractivity contribution in [2.75, 3.05) is 32.7 Å². The van der Waals surface area contributed by atoms with E-state index < -0.39 is 107 Å². The number of aliphatic carboxylic acids is 3. The number of nitrogens with one attached hydrogen (secondary N) is 6. The van der Waals surface area contributed by atoms with E-state index in [1.165, 1.54) is 39.8 Å². The second-order valence-corrected chi connectivity index (χ2v) is 20.5. The van der Waals surface area contributed by atoms with Gasteiger partial charge in [0.05, 0.1) is 55.1 Å². The summed E-state index contributed by atoms with van der Waals surface area (Å²) in [4.78, 5) is 154. The molecule has 1 aliphatic rings. The van der Waals surface area contributed by atoms with Gasteiger partial charge in [-0.25, -0.2) is 4.79 Å². The third-order valence-electron chi connectivity index (χ3n) is 13.7. The van der Waals surface area contributed by atoms with E-state index >= 15 is 0 Å². The van der Waals surface area contributed by atoms with Gasteiger partial charge in [0.2, 0.25) is 23.6 Å². The van der Waals surface area contributed by atoms with Crippen LogP contribution in [0, 0.1) is 11.8 Å². The second-order valence-electron chi connectivity index (χ2n) is 20.5. The van der Waals surface area contributed by atoms with Crippen LogP contribution < -0.4 is 31.9 Å². The van der Waals surface area contributed by atoms with Crippen LogP contribution in [0.2, 0.25) is 0 Å². The first-order valence-corrected chi connectivity index (χ1v) is 26.7. The third kappa shape index (κ3) is 25.5. The molecule has 0 saturated carbocycles. The van der Waals surface area contributed by atoms with Crippen molar-refractivity contribution in [3.05, 3.63) is 29.8 Å². The number of carbonyl (C=O) groups excluding carboxylic acids is 9. The fourth-order valence-electron chi connectivity index (χ4n) is 8.94. The number of carbonyl (C=O) groups is 12. The van der Waals surface area contributed by atoms with Gasteiger partial charge in [-0.05, 0) is 109 Å². The van der Waals surface area contributed by atoms with Crippen LogP contribution in [0.25, 0.3) is 0 Å². The van der Waals surface area contributed by atoms with E-state index in [0.29, 0.717) is 44.2 Å². The summed E-state index contributed by atoms with van der Waals surface area (Å²) in [7, 11) is 0. The Morgan fingerprint density at radius 3 is 1.88 bits per heavy atom. The molecular weight excluding hydrogens is 1000 g/mol. The van der Waals surface area contributed by atoms with Crippen LogP contribution in [0.5, 0.6) is 5.75 Å². The summed E-state index contributed by atoms with van der Waals surface area (Å²) in [5.41, 5.74) is -0.767. The number of ketones is 5. The molecule has 0 aromatic heterocycles. The smallest absolute Gasteiger partial charge is 0.326 e. The van der Waals surface area contributed by atoms with Crippen LogP contribution in [0.3, 0.4) is 0 Å². The van der Waals surface area contributed by atoms with Crippen molar-refractivity contribution in [1.29, 1.82) is 0 Å². The minimum atomic E-state index is -1.46. The number of phenolic OH excluding ortho intramolecular Hbond substituents is 1. The van der Waals surface area contributed by atoms with E-state index in [1.54, 1.807) is 19.1 Å². The zero-order valence-electron chi connectivity index (χ0n) is 45.5. The minimum absolute atomic E-state index is 0.000498. The molecule has 23 nitrogen and oxygen atoms in total. The van der Waals surface area contributed by atoms with Crippen LogP contribution in [0.15, 0.2) is 24.3 Å². The first kappa shape index (κ1) is 66.7. The zero-order valence-corrected chi connectivity index (χ0v) is 45.5. The Balaban J connectivity index is 2.00. The number of unbranched alkanes of at least 4 members (excludes halogenated alkanes) is 2. The maximum Gasteiger partial charge on any atom is 0.326 e. The van der Waals surface area contributed by atoms with Crippen molar-refractivity contribution in [2.24, 2.45) is 11.8 Å². The molecule has 0 radical (unpaired) electrons. The first-order chi connectivity index (χ1) is 36.3. The van der Waals surface area contributed by atoms with Gasteiger partial charge < -0.3 is 52.3 Å². The van der Waals surface area contributed by atoms with E-state index in [-0.39, 0.29) is 107 Å². The second kappa shape index (κ2) is 34.3. The number of carboxylic acids is 3. The predicted octanol–water partition coefficient (Wildman–Crippen LogP) is 2.17. The van der Waals surface area contributed by atoms with Gasteiger partial charge in [0.25, 0.3) is 0 Å². The van der Waals surface area contributed by atoms with Crippen molar-refractivity contribution < 1.29 is 78.0 Å². The molecule has 1 aromatic rings. The van der Waals surface area contributed by atoms with E-state index in [1.807, 2.05) is 11.8 Å². The lowest BCUT2D eigenvalue weighted by molar-refractivity contribution is -0.145. The average Bonchev–Trinajstić information content (AvgIpc) is 3.83. The molecule has 1 aliphatic heterocycles. The van der Waals surface area contributed by atoms with Gasteiger partial charge in [0.1, 0.15) is 29.4 Å². The Hall–Kier alpha value is -6.46. The molecule has 430 valence electrons. The highest BCUT2D eigenvalue weighted by atomic mass is 16.4. The van der Waals surface area contributed by atoms with E-state index in [0.717, 1.165) is 12.8 Å². The van der Waals surface area contributed by atoms with E-state index in [9.17, 15) is 78.0 Å². The molecule has 10 N–H and O–H groups in total. The molecule has 0 bridgehead atoms. The molecule has 0 aliphatic carbocycles. The number of aromatic hydroxyl groups is 1. The number of carboxylic acid groups (broad SMARTS) is 3. The lowest BCUT2D eigenvalue weighted by Crippen LogP contribution is -2.59. The molecule has 0 unspecified atom stereocenters. The van der Waals surface area contributed by atoms with Crippen LogP contribution in [0.4, 0.5) is 0 Å². The Labute approximate surface area is 450 Å². The largest absolute Gasteiger partial charge is 0.508 e. The van der Waals surface area contributed by atoms with Gasteiger partial charge in [-0.3, -0.25) is 57.6 Å². The summed E-state index contributed by atoms with van der Waals surface area (Å²) in [5, 5.41) is 54.7. The molecule has 1 heterocycles. The van der Waals surface area contributed by atoms with Crippen LogP contribution in [-0.2, 0) is 64.0 Å². The number of Topliss-reactive ketones (excluding diaryl/α,β-unsaturated/α-hetero) is 5. The number of likely N-dealkylation sites (tertiary alicyclic amines) is 1. The maximum atomic E-state index is 13.9. The van der Waals surface area contributed by atoms with Crippen molar-refractivity contribution >= 4 is 70.5 Å². The number of nitrogens with zero attached hydrogens (tertiary/aromatic N) is 1. The SMILES string of the molecule is CCCC[C@H](NCC(=O)C(C)(C)NC(=O)[C@@H](Cc1ccc(O)cc1)NC(C)=O)C(=O)CN[C@@H](CCCCNC(=O)CC[C@H](CC(=O)CC[C@H](NC(=O)CC[C@H](CC)C(=O)O)C(=O)O)C(=O)O)C(=O)CN1CCC[C@H]1C(C)=O. The van der Waals surface area contributed by atoms with Gasteiger partial charge in [0.15, 0.2) is 17.3 Å². The number of hydrogen-bond acceptors (Lipinski definition) is 16. The van der Waals surface area contributed by atoms with Crippen molar-refractivity contribution in [2.45, 2.75) is 186 Å². The quantitative estimate of drug-likeness (QED) is 0.0420. The summed E-state index contributed by atoms with van der Waals surface area (Å²) in [6.45, 7) is 9.50. The van der Waals surface area contributed by atoms with Crippen LogP contribution in [0.1, 0.15) is 150 Å². The fraction of sp³-hybridized carbons (Fsp3) is 0.667. The topological polar surface area (TPSA) is 361 Å². The van der Waals surface area contributed by atoms with Gasteiger partial charge in [0, 0.05) is 45.6 Å². The van der Waals surface area contributed by atoms with Gasteiger partial charge in [-0.2, -0.15) is 0 Å². The van der Waals surface area contributed by atoms with Crippen molar-refractivity contribution in [1.82, 2.24) is 36.8 Å². The van der Waals surface area contributed by atoms with Gasteiger partial charge in [-0.15, -0.1) is 0 Å². The summed E-state index contributed by atoms with van der Waals surface area (Å²) in [6, 6.07) is 1.62. The lowest BCUT2D eigenvalue weighted by Gasteiger charge is -2.29. The number of rotatable bonds is 41. The lowest BCUT2D eigenvalue weighted by atomic mass is 9.94. The maximum absolute atomic E-state index is 13.9. The summed E-state index contributed by atoms with van der Waals surface area (Å²) in [6.07, 6.45) is 2.70. The molecule has 1 fully saturated rings. The molecule has 2 rings (SSSR count). The molecule has 0 spiro atoms. The number of hydrogen-bond donors (Lipinski definition) is 10. The summed E-state index contributed by atoms with van der Waals surface area (Å²) in [5.74, 6) is -9.69. The molecule has 1 aromatic carbocycles. The van der Waals surface area contributed by atoms with Crippen LogP contribution >= 0.6 is 0 Å². The normalized spacial score (nSPS) is 15.9. The Bertz CT molecular complexity index is 2200. The number of phenols is 1. The third-order valence-corrected chi connectivity index (χ3v) is 13.7. The Morgan fingerprint density at radius 1 is 0.675 bits per heavy atom. The molecule has 4 amide bonds. The van der Waals surface area contributed by atoms with Crippen LogP contribution in [-0.4, -0.2) is 164 Å². The highest BCUT2D eigenvalue weighted by molar-refractivity contribution is 5.96. The van der Waals surface area contributed by atoms with E-state index in [2.05, 4.69) is 31.9 Å². The average molecular weight is 1090 g/mol. The minimum Gasteiger partial charge on any atom is -0.508 e. The van der Waals surface area contributed by atoms with Gasteiger partial charge in [-0.1, -0.05) is 38.8 Å². The highest BCUT2D eigenvalue weighted by Gasteiger charge is 2.35. The highest BCUT2D eigenvalue weighted by Crippen LogP contribution is 2.20. The van der Waals surface area contributed by atoms with Crippen molar-refractivity contribution in [3.8, 4) is 5.75 Å². The monoisotopic (exact) mass is 1090 g/mol. The molecule has 1 saturated heterocycles. The Morgan fingerprint density at radius 2 is 1.29 bits per heavy atom. The molecule has 23 heteroatoms. The summed E-state index contributed by atoms with van der Waals surface area (Å²) < 4.78 is 0. The predicted molar refractivity (Wildman–Crippen MR) is 281 cm³/mol. The first-order valence-electron chi connectivity index (χ1n) is 26.7. The standard InChI is InChI=1S/C54H83N7O16/c1-7-9-13-40(57-31-47(68)54(5,6)60-50(71)43(58-34(4)63)28-35-16-20-38(64)21-17-35)45(66)30-56-41(46(67)32-61-27-12-15-44(61)33(3)62)14-10-11-26-55-48(69)24-19-37(52(74)75)29-39(65)22-23-42(53(76)77)59-49(70)25-18-36(8-2)51(72)73/h16-17,20-21,36-37,40-44,56-57,64H,7-15,18-19,22-32H2,1-6H3,(H,55,69)(H,58,63)(H,59,70)(H,60,71)(H,72,73)(H,74,75)(H,76,77)/t36-,37+,40-,41-,42-,43+,44-/m0/s1. The number of benzene rings is 1. The fourth-order valence-corrected chi connectivity index (χ4v) is 8.94.